The monoisotopic (exact) mass is 342 g/mol. The summed E-state index contributed by atoms with van der Waals surface area (Å²) in [5.41, 5.74) is 0. The zero-order valence-electron chi connectivity index (χ0n) is 13.0. The molecule has 0 fully saturated rings. The van der Waals surface area contributed by atoms with Crippen LogP contribution in [0.5, 0.6) is 0 Å². The van der Waals surface area contributed by atoms with Crippen LogP contribution in [-0.4, -0.2) is 56.0 Å². The third-order valence-corrected chi connectivity index (χ3v) is 3.28. The lowest BCUT2D eigenvalue weighted by Gasteiger charge is -2.14. The molecule has 0 bridgehead atoms. The highest BCUT2D eigenvalue weighted by Gasteiger charge is 2.35. The van der Waals surface area contributed by atoms with Crippen LogP contribution in [0.25, 0.3) is 0 Å². The molecule has 0 spiro atoms. The summed E-state index contributed by atoms with van der Waals surface area (Å²) in [6, 6.07) is 0. The quantitative estimate of drug-likeness (QED) is 0.343. The SMILES string of the molecule is CC(C)OCOC(=O)CC(C(=O)OCOC(C)C)S(=O)(=O)O. The topological polar surface area (TPSA) is 125 Å². The van der Waals surface area contributed by atoms with Crippen LogP contribution in [0, 0.1) is 0 Å². The van der Waals surface area contributed by atoms with Crippen LogP contribution in [0.15, 0.2) is 0 Å². The van der Waals surface area contributed by atoms with Crippen molar-refractivity contribution in [2.24, 2.45) is 0 Å². The maximum Gasteiger partial charge on any atom is 0.329 e. The van der Waals surface area contributed by atoms with Gasteiger partial charge in [0, 0.05) is 0 Å². The van der Waals surface area contributed by atoms with Crippen LogP contribution in [0.4, 0.5) is 0 Å². The molecule has 0 amide bonds. The fourth-order valence-corrected chi connectivity index (χ4v) is 1.74. The molecule has 0 aliphatic heterocycles. The predicted octanol–water partition coefficient (Wildman–Crippen LogP) is 0.484. The summed E-state index contributed by atoms with van der Waals surface area (Å²) in [5, 5.41) is -2.07. The first-order valence-corrected chi connectivity index (χ1v) is 8.06. The zero-order valence-corrected chi connectivity index (χ0v) is 13.8. The molecule has 0 radical (unpaired) electrons. The van der Waals surface area contributed by atoms with Gasteiger partial charge in [-0.3, -0.25) is 14.1 Å². The van der Waals surface area contributed by atoms with Crippen LogP contribution in [0.3, 0.4) is 0 Å². The Morgan fingerprint density at radius 2 is 1.41 bits per heavy atom. The molecule has 0 aliphatic rings. The standard InChI is InChI=1S/C12H22O9S/c1-8(2)18-6-20-11(13)5-10(22(15,16)17)12(14)21-7-19-9(3)4/h8-10H,5-7H2,1-4H3,(H,15,16,17). The van der Waals surface area contributed by atoms with Crippen molar-refractivity contribution in [2.45, 2.75) is 51.6 Å². The number of rotatable bonds is 10. The van der Waals surface area contributed by atoms with E-state index in [1.807, 2.05) is 0 Å². The van der Waals surface area contributed by atoms with Gasteiger partial charge in [0.25, 0.3) is 10.1 Å². The second-order valence-electron chi connectivity index (χ2n) is 4.85. The van der Waals surface area contributed by atoms with E-state index in [1.54, 1.807) is 27.7 Å². The van der Waals surface area contributed by atoms with Gasteiger partial charge in [-0.05, 0) is 27.7 Å². The van der Waals surface area contributed by atoms with Gasteiger partial charge in [-0.25, -0.2) is 0 Å². The summed E-state index contributed by atoms with van der Waals surface area (Å²) >= 11 is 0. The summed E-state index contributed by atoms with van der Waals surface area (Å²) in [4.78, 5) is 23.1. The van der Waals surface area contributed by atoms with Gasteiger partial charge in [-0.2, -0.15) is 8.42 Å². The molecule has 9 nitrogen and oxygen atoms in total. The highest BCUT2D eigenvalue weighted by molar-refractivity contribution is 7.87. The summed E-state index contributed by atoms with van der Waals surface area (Å²) < 4.78 is 50.3. The summed E-state index contributed by atoms with van der Waals surface area (Å²) in [5.74, 6) is -2.32. The first-order valence-electron chi connectivity index (χ1n) is 6.55. The molecule has 22 heavy (non-hydrogen) atoms. The summed E-state index contributed by atoms with van der Waals surface area (Å²) in [6.45, 7) is 5.90. The Hall–Kier alpha value is -1.23. The molecule has 1 atom stereocenters. The van der Waals surface area contributed by atoms with E-state index in [-0.39, 0.29) is 19.0 Å². The average molecular weight is 342 g/mol. The Morgan fingerprint density at radius 1 is 0.955 bits per heavy atom. The Kier molecular flexibility index (Phi) is 9.18. The largest absolute Gasteiger partial charge is 0.438 e. The highest BCUT2D eigenvalue weighted by Crippen LogP contribution is 2.09. The van der Waals surface area contributed by atoms with Crippen molar-refractivity contribution in [2.75, 3.05) is 13.6 Å². The lowest BCUT2D eigenvalue weighted by molar-refractivity contribution is -0.166. The highest BCUT2D eigenvalue weighted by atomic mass is 32.2. The fraction of sp³-hybridized carbons (Fsp3) is 0.833. The lowest BCUT2D eigenvalue weighted by atomic mass is 10.3. The van der Waals surface area contributed by atoms with Gasteiger partial charge in [-0.1, -0.05) is 0 Å². The average Bonchev–Trinajstić information content (AvgIpc) is 2.33. The molecule has 0 aliphatic carbocycles. The lowest BCUT2D eigenvalue weighted by Crippen LogP contribution is -2.35. The summed E-state index contributed by atoms with van der Waals surface area (Å²) in [6.07, 6.45) is -1.32. The minimum Gasteiger partial charge on any atom is -0.438 e. The molecular weight excluding hydrogens is 320 g/mol. The molecule has 0 saturated heterocycles. The number of carbonyl (C=O) groups is 2. The maximum absolute atomic E-state index is 11.6. The molecule has 0 aromatic rings. The minimum atomic E-state index is -4.82. The van der Waals surface area contributed by atoms with Crippen molar-refractivity contribution in [1.82, 2.24) is 0 Å². The summed E-state index contributed by atoms with van der Waals surface area (Å²) in [7, 11) is -4.82. The fourth-order valence-electron chi connectivity index (χ4n) is 1.08. The zero-order chi connectivity index (χ0) is 17.3. The molecule has 0 aromatic carbocycles. The number of hydrogen-bond donors (Lipinski definition) is 1. The molecule has 0 heterocycles. The van der Waals surface area contributed by atoms with E-state index in [0.29, 0.717) is 0 Å². The molecule has 0 rings (SSSR count). The molecule has 130 valence electrons. The van der Waals surface area contributed by atoms with Gasteiger partial charge in [0.05, 0.1) is 18.6 Å². The Morgan fingerprint density at radius 3 is 1.82 bits per heavy atom. The Balaban J connectivity index is 4.53. The van der Waals surface area contributed by atoms with Crippen LogP contribution in [0.1, 0.15) is 34.1 Å². The third-order valence-electron chi connectivity index (χ3n) is 2.20. The van der Waals surface area contributed by atoms with Crippen LogP contribution in [-0.2, 0) is 38.7 Å². The van der Waals surface area contributed by atoms with Gasteiger partial charge >= 0.3 is 11.9 Å². The van der Waals surface area contributed by atoms with Crippen LogP contribution in [0.2, 0.25) is 0 Å². The molecule has 10 heteroatoms. The Labute approximate surface area is 129 Å². The van der Waals surface area contributed by atoms with Gasteiger partial charge in [0.15, 0.2) is 18.8 Å². The van der Waals surface area contributed by atoms with Crippen molar-refractivity contribution < 1.29 is 41.5 Å². The van der Waals surface area contributed by atoms with E-state index in [1.165, 1.54) is 0 Å². The predicted molar refractivity (Wildman–Crippen MR) is 74.3 cm³/mol. The van der Waals surface area contributed by atoms with Crippen molar-refractivity contribution in [3.63, 3.8) is 0 Å². The van der Waals surface area contributed by atoms with Crippen molar-refractivity contribution >= 4 is 22.1 Å². The number of ether oxygens (including phenoxy) is 4. The second kappa shape index (κ2) is 9.72. The normalized spacial score (nSPS) is 13.2. The van der Waals surface area contributed by atoms with Crippen LogP contribution < -0.4 is 0 Å². The van der Waals surface area contributed by atoms with Gasteiger partial charge in [-0.15, -0.1) is 0 Å². The van der Waals surface area contributed by atoms with E-state index in [2.05, 4.69) is 9.47 Å². The van der Waals surface area contributed by atoms with E-state index in [0.717, 1.165) is 0 Å². The van der Waals surface area contributed by atoms with E-state index in [9.17, 15) is 18.0 Å². The second-order valence-corrected chi connectivity index (χ2v) is 6.45. The van der Waals surface area contributed by atoms with Crippen molar-refractivity contribution in [1.29, 1.82) is 0 Å². The van der Waals surface area contributed by atoms with Gasteiger partial charge in [0.1, 0.15) is 0 Å². The third kappa shape index (κ3) is 9.66. The molecule has 1 N–H and O–H groups in total. The molecule has 1 unspecified atom stereocenters. The molecule has 0 saturated carbocycles. The first kappa shape index (κ1) is 20.8. The number of carbonyl (C=O) groups excluding carboxylic acids is 2. The number of esters is 2. The van der Waals surface area contributed by atoms with Crippen LogP contribution >= 0.6 is 0 Å². The first-order chi connectivity index (χ1) is 10.0. The van der Waals surface area contributed by atoms with Crippen molar-refractivity contribution in [3.8, 4) is 0 Å². The van der Waals surface area contributed by atoms with Gasteiger partial charge in [0.2, 0.25) is 0 Å². The van der Waals surface area contributed by atoms with E-state index < -0.39 is 40.5 Å². The molecular formula is C12H22O9S. The van der Waals surface area contributed by atoms with E-state index >= 15 is 0 Å². The maximum atomic E-state index is 11.6. The van der Waals surface area contributed by atoms with Gasteiger partial charge < -0.3 is 18.9 Å². The minimum absolute atomic E-state index is 0.191. The van der Waals surface area contributed by atoms with E-state index in [4.69, 9.17) is 14.0 Å². The Bertz CT molecular complexity index is 455. The smallest absolute Gasteiger partial charge is 0.329 e. The molecule has 0 aromatic heterocycles. The van der Waals surface area contributed by atoms with Crippen molar-refractivity contribution in [3.05, 3.63) is 0 Å². The number of hydrogen-bond acceptors (Lipinski definition) is 8.